The van der Waals surface area contributed by atoms with E-state index in [9.17, 15) is 9.90 Å². The minimum atomic E-state index is -0.919. The molecule has 2 aliphatic carbocycles. The van der Waals surface area contributed by atoms with Crippen molar-refractivity contribution in [2.24, 2.45) is 11.3 Å². The van der Waals surface area contributed by atoms with Gasteiger partial charge in [0.2, 0.25) is 0 Å². The average molecular weight is 250 g/mol. The molecule has 0 saturated heterocycles. The maximum absolute atomic E-state index is 11.0. The lowest BCUT2D eigenvalue weighted by Gasteiger charge is -2.54. The smallest absolute Gasteiger partial charge is 0.327 e. The molecule has 3 heteroatoms. The van der Waals surface area contributed by atoms with Crippen molar-refractivity contribution in [1.82, 2.24) is 0 Å². The van der Waals surface area contributed by atoms with Gasteiger partial charge in [0.05, 0.1) is 5.60 Å². The Morgan fingerprint density at radius 3 is 2.89 bits per heavy atom. The predicted molar refractivity (Wildman–Crippen MR) is 70.2 cm³/mol. The first-order valence-electron chi connectivity index (χ1n) is 6.69. The predicted octanol–water partition coefficient (Wildman–Crippen LogP) is 2.90. The van der Waals surface area contributed by atoms with Crippen LogP contribution in [-0.2, 0) is 4.79 Å². The highest BCUT2D eigenvalue weighted by Gasteiger charge is 2.53. The first-order chi connectivity index (χ1) is 8.37. The summed E-state index contributed by atoms with van der Waals surface area (Å²) in [5.74, 6) is -0.771. The highest BCUT2D eigenvalue weighted by molar-refractivity contribution is 5.79. The van der Waals surface area contributed by atoms with Crippen LogP contribution in [0, 0.1) is 11.3 Å². The molecule has 0 radical (unpaired) electrons. The molecule has 0 bridgehead atoms. The highest BCUT2D eigenvalue weighted by Crippen LogP contribution is 2.56. The zero-order chi connectivity index (χ0) is 13.4. The topological polar surface area (TPSA) is 57.5 Å². The Bertz CT molecular complexity index is 399. The molecule has 2 rings (SSSR count). The molecule has 3 atom stereocenters. The fraction of sp³-hybridized carbons (Fsp3) is 0.667. The van der Waals surface area contributed by atoms with Crippen molar-refractivity contribution in [3.8, 4) is 0 Å². The van der Waals surface area contributed by atoms with Gasteiger partial charge in [-0.25, -0.2) is 4.79 Å². The summed E-state index contributed by atoms with van der Waals surface area (Å²) < 4.78 is 0. The van der Waals surface area contributed by atoms with Crippen LogP contribution in [0.4, 0.5) is 0 Å². The van der Waals surface area contributed by atoms with Crippen LogP contribution in [0.1, 0.15) is 45.4 Å². The molecule has 0 aromatic heterocycles. The van der Waals surface area contributed by atoms with Crippen LogP contribution in [0.5, 0.6) is 0 Å². The number of aliphatic hydroxyl groups is 1. The molecule has 0 aromatic carbocycles. The van der Waals surface area contributed by atoms with E-state index >= 15 is 0 Å². The lowest BCUT2D eigenvalue weighted by atomic mass is 9.54. The fourth-order valence-corrected chi connectivity index (χ4v) is 3.62. The molecule has 2 aliphatic rings. The van der Waals surface area contributed by atoms with E-state index in [4.69, 9.17) is 5.11 Å². The third-order valence-corrected chi connectivity index (χ3v) is 4.93. The number of carboxylic acids is 1. The van der Waals surface area contributed by atoms with Gasteiger partial charge < -0.3 is 10.2 Å². The van der Waals surface area contributed by atoms with Crippen LogP contribution in [0.2, 0.25) is 0 Å². The number of fused-ring (bicyclic) bond motifs is 1. The lowest BCUT2D eigenvalue weighted by molar-refractivity contribution is -0.131. The normalized spacial score (nSPS) is 40.8. The van der Waals surface area contributed by atoms with E-state index < -0.39 is 11.6 Å². The van der Waals surface area contributed by atoms with Gasteiger partial charge in [-0.05, 0) is 50.0 Å². The molecule has 0 unspecified atom stereocenters. The van der Waals surface area contributed by atoms with Crippen molar-refractivity contribution >= 4 is 5.97 Å². The van der Waals surface area contributed by atoms with Gasteiger partial charge in [-0.3, -0.25) is 0 Å². The van der Waals surface area contributed by atoms with Gasteiger partial charge in [-0.15, -0.1) is 0 Å². The summed E-state index contributed by atoms with van der Waals surface area (Å²) >= 11 is 0. The van der Waals surface area contributed by atoms with Crippen LogP contribution in [0.3, 0.4) is 0 Å². The minimum absolute atomic E-state index is 0.0735. The zero-order valence-corrected chi connectivity index (χ0v) is 11.0. The maximum atomic E-state index is 11.0. The summed E-state index contributed by atoms with van der Waals surface area (Å²) in [5.41, 5.74) is 0.0528. The van der Waals surface area contributed by atoms with E-state index in [-0.39, 0.29) is 11.3 Å². The van der Waals surface area contributed by atoms with E-state index in [1.807, 2.05) is 0 Å². The Balaban J connectivity index is 2.18. The van der Waals surface area contributed by atoms with E-state index in [0.717, 1.165) is 37.7 Å². The van der Waals surface area contributed by atoms with Crippen molar-refractivity contribution in [3.63, 3.8) is 0 Å². The second kappa shape index (κ2) is 4.54. The number of hydrogen-bond acceptors (Lipinski definition) is 2. The molecule has 2 N–H and O–H groups in total. The summed E-state index contributed by atoms with van der Waals surface area (Å²) in [5, 5.41) is 19.7. The Labute approximate surface area is 108 Å². The highest BCUT2D eigenvalue weighted by atomic mass is 16.4. The van der Waals surface area contributed by atoms with Crippen molar-refractivity contribution < 1.29 is 15.0 Å². The van der Waals surface area contributed by atoms with Gasteiger partial charge in [-0.1, -0.05) is 19.6 Å². The van der Waals surface area contributed by atoms with E-state index in [1.54, 1.807) is 6.08 Å². The molecule has 2 saturated carbocycles. The summed E-state index contributed by atoms with van der Waals surface area (Å²) in [7, 11) is 0. The number of hydrogen-bond donors (Lipinski definition) is 2. The SMILES string of the molecule is C=C1CCC[C@]2(C)CC[C@@H](/C=C/C(=O)O)C[C@]12O. The molecule has 0 amide bonds. The summed E-state index contributed by atoms with van der Waals surface area (Å²) in [4.78, 5) is 10.6. The molecule has 100 valence electrons. The van der Waals surface area contributed by atoms with Crippen LogP contribution >= 0.6 is 0 Å². The van der Waals surface area contributed by atoms with Gasteiger partial charge in [0.15, 0.2) is 0 Å². The number of rotatable bonds is 2. The van der Waals surface area contributed by atoms with Crippen LogP contribution in [0.15, 0.2) is 24.3 Å². The largest absolute Gasteiger partial charge is 0.478 e. The number of aliphatic carboxylic acids is 1. The van der Waals surface area contributed by atoms with E-state index in [2.05, 4.69) is 13.5 Å². The standard InChI is InChI=1S/C15H22O3/c1-11-4-3-8-14(2)9-7-12(5-6-13(16)17)10-15(11,14)18/h5-6,12,18H,1,3-4,7-10H2,2H3,(H,16,17)/b6-5+/t12-,14-,15+/m1/s1. The van der Waals surface area contributed by atoms with E-state index in [1.165, 1.54) is 6.08 Å². The maximum Gasteiger partial charge on any atom is 0.327 e. The van der Waals surface area contributed by atoms with Crippen LogP contribution in [0.25, 0.3) is 0 Å². The van der Waals surface area contributed by atoms with Gasteiger partial charge in [-0.2, -0.15) is 0 Å². The minimum Gasteiger partial charge on any atom is -0.478 e. The van der Waals surface area contributed by atoms with Gasteiger partial charge in [0, 0.05) is 11.5 Å². The third kappa shape index (κ3) is 2.12. The van der Waals surface area contributed by atoms with Crippen molar-refractivity contribution in [2.75, 3.05) is 0 Å². The molecule has 0 aliphatic heterocycles. The average Bonchev–Trinajstić information content (AvgIpc) is 2.29. The molecule has 18 heavy (non-hydrogen) atoms. The Hall–Kier alpha value is -1.09. The summed E-state index contributed by atoms with van der Waals surface area (Å²) in [6, 6.07) is 0. The van der Waals surface area contributed by atoms with Gasteiger partial charge in [0.25, 0.3) is 0 Å². The van der Waals surface area contributed by atoms with Crippen molar-refractivity contribution in [1.29, 1.82) is 0 Å². The van der Waals surface area contributed by atoms with Gasteiger partial charge >= 0.3 is 5.97 Å². The molecule has 2 fully saturated rings. The molecule has 3 nitrogen and oxygen atoms in total. The Morgan fingerprint density at radius 1 is 1.50 bits per heavy atom. The van der Waals surface area contributed by atoms with E-state index in [0.29, 0.717) is 6.42 Å². The number of allylic oxidation sites excluding steroid dienone is 1. The zero-order valence-electron chi connectivity index (χ0n) is 11.0. The van der Waals surface area contributed by atoms with Crippen molar-refractivity contribution in [3.05, 3.63) is 24.3 Å². The first-order valence-corrected chi connectivity index (χ1v) is 6.69. The summed E-state index contributed by atoms with van der Waals surface area (Å²) in [6.45, 7) is 6.20. The van der Waals surface area contributed by atoms with Crippen LogP contribution in [-0.4, -0.2) is 21.8 Å². The third-order valence-electron chi connectivity index (χ3n) is 4.93. The molecule has 0 heterocycles. The molecular formula is C15H22O3. The van der Waals surface area contributed by atoms with Gasteiger partial charge in [0.1, 0.15) is 0 Å². The lowest BCUT2D eigenvalue weighted by Crippen LogP contribution is -2.54. The Morgan fingerprint density at radius 2 is 2.22 bits per heavy atom. The fourth-order valence-electron chi connectivity index (χ4n) is 3.62. The quantitative estimate of drug-likeness (QED) is 0.585. The molecular weight excluding hydrogens is 228 g/mol. The van der Waals surface area contributed by atoms with Crippen LogP contribution < -0.4 is 0 Å². The second-order valence-electron chi connectivity index (χ2n) is 6.08. The monoisotopic (exact) mass is 250 g/mol. The first kappa shape index (κ1) is 13.3. The van der Waals surface area contributed by atoms with Crippen molar-refractivity contribution in [2.45, 2.75) is 51.0 Å². The number of carboxylic acid groups (broad SMARTS) is 1. The summed E-state index contributed by atoms with van der Waals surface area (Å²) in [6.07, 6.45) is 8.47. The molecule has 0 aromatic rings. The Kier molecular flexibility index (Phi) is 3.37. The second-order valence-corrected chi connectivity index (χ2v) is 6.08. The molecule has 0 spiro atoms. The number of carbonyl (C=O) groups is 1.